The van der Waals surface area contributed by atoms with Gasteiger partial charge in [-0.05, 0) is 32.4 Å². The Labute approximate surface area is 117 Å². The SMILES string of the molecule is O=[N+]([O-])c1ccnc(NCCCOC2CCNCC2)c1. The van der Waals surface area contributed by atoms with Crippen molar-refractivity contribution in [3.63, 3.8) is 0 Å². The standard InChI is InChI=1S/C13H20N4O3/c18-17(19)11-2-8-16-13(10-11)15-5-1-9-20-12-3-6-14-7-4-12/h2,8,10,12,14H,1,3-7,9H2,(H,15,16). The number of hydrogen-bond donors (Lipinski definition) is 2. The lowest BCUT2D eigenvalue weighted by molar-refractivity contribution is -0.384. The van der Waals surface area contributed by atoms with E-state index in [4.69, 9.17) is 4.74 Å². The third-order valence-electron chi connectivity index (χ3n) is 3.22. The molecule has 0 aliphatic carbocycles. The van der Waals surface area contributed by atoms with Crippen LogP contribution in [0.4, 0.5) is 11.5 Å². The van der Waals surface area contributed by atoms with Crippen LogP contribution < -0.4 is 10.6 Å². The van der Waals surface area contributed by atoms with Crippen molar-refractivity contribution in [2.24, 2.45) is 0 Å². The van der Waals surface area contributed by atoms with Gasteiger partial charge >= 0.3 is 0 Å². The number of piperidine rings is 1. The zero-order valence-electron chi connectivity index (χ0n) is 11.4. The molecule has 2 N–H and O–H groups in total. The molecule has 2 rings (SSSR count). The molecule has 20 heavy (non-hydrogen) atoms. The van der Waals surface area contributed by atoms with Crippen molar-refractivity contribution in [3.8, 4) is 0 Å². The Morgan fingerprint density at radius 1 is 1.50 bits per heavy atom. The first-order valence-electron chi connectivity index (χ1n) is 6.92. The van der Waals surface area contributed by atoms with Gasteiger partial charge in [-0.15, -0.1) is 0 Å². The van der Waals surface area contributed by atoms with Crippen LogP contribution in [0.1, 0.15) is 19.3 Å². The van der Waals surface area contributed by atoms with Crippen molar-refractivity contribution >= 4 is 11.5 Å². The van der Waals surface area contributed by atoms with Gasteiger partial charge in [0, 0.05) is 25.4 Å². The number of aromatic nitrogens is 1. The summed E-state index contributed by atoms with van der Waals surface area (Å²) in [4.78, 5) is 14.3. The zero-order chi connectivity index (χ0) is 14.2. The topological polar surface area (TPSA) is 89.3 Å². The van der Waals surface area contributed by atoms with Crippen molar-refractivity contribution in [1.82, 2.24) is 10.3 Å². The van der Waals surface area contributed by atoms with Crippen LogP contribution >= 0.6 is 0 Å². The summed E-state index contributed by atoms with van der Waals surface area (Å²) in [5.74, 6) is 0.529. The maximum Gasteiger partial charge on any atom is 0.274 e. The molecule has 1 aliphatic rings. The molecule has 0 atom stereocenters. The lowest BCUT2D eigenvalue weighted by Crippen LogP contribution is -2.32. The zero-order valence-corrected chi connectivity index (χ0v) is 11.4. The van der Waals surface area contributed by atoms with Crippen LogP contribution in [0.3, 0.4) is 0 Å². The highest BCUT2D eigenvalue weighted by Crippen LogP contribution is 2.14. The average Bonchev–Trinajstić information content (AvgIpc) is 2.48. The van der Waals surface area contributed by atoms with Crippen molar-refractivity contribution < 1.29 is 9.66 Å². The average molecular weight is 280 g/mol. The van der Waals surface area contributed by atoms with Crippen molar-refractivity contribution in [1.29, 1.82) is 0 Å². The van der Waals surface area contributed by atoms with Gasteiger partial charge in [0.05, 0.1) is 17.1 Å². The highest BCUT2D eigenvalue weighted by Gasteiger charge is 2.12. The molecule has 0 aromatic carbocycles. The fourth-order valence-corrected chi connectivity index (χ4v) is 2.13. The summed E-state index contributed by atoms with van der Waals surface area (Å²) in [6, 6.07) is 2.82. The van der Waals surface area contributed by atoms with E-state index >= 15 is 0 Å². The van der Waals surface area contributed by atoms with E-state index in [1.165, 1.54) is 18.3 Å². The Balaban J connectivity index is 1.63. The van der Waals surface area contributed by atoms with E-state index in [1.54, 1.807) is 0 Å². The third kappa shape index (κ3) is 4.75. The minimum absolute atomic E-state index is 0.0495. The van der Waals surface area contributed by atoms with Crippen LogP contribution in [-0.2, 0) is 4.74 Å². The van der Waals surface area contributed by atoms with Gasteiger partial charge < -0.3 is 15.4 Å². The lowest BCUT2D eigenvalue weighted by atomic mass is 10.1. The number of hydrogen-bond acceptors (Lipinski definition) is 6. The number of rotatable bonds is 7. The van der Waals surface area contributed by atoms with Gasteiger partial charge in [0.1, 0.15) is 5.82 Å². The van der Waals surface area contributed by atoms with E-state index < -0.39 is 4.92 Å². The van der Waals surface area contributed by atoms with Crippen molar-refractivity contribution in [2.75, 3.05) is 31.6 Å². The minimum Gasteiger partial charge on any atom is -0.378 e. The van der Waals surface area contributed by atoms with Gasteiger partial charge in [-0.25, -0.2) is 4.98 Å². The van der Waals surface area contributed by atoms with Gasteiger partial charge in [0.15, 0.2) is 0 Å². The fourth-order valence-electron chi connectivity index (χ4n) is 2.13. The Morgan fingerprint density at radius 2 is 2.30 bits per heavy atom. The molecule has 7 nitrogen and oxygen atoms in total. The molecule has 1 aliphatic heterocycles. The molecule has 0 bridgehead atoms. The maximum atomic E-state index is 10.6. The molecule has 1 aromatic rings. The number of nitrogens with one attached hydrogen (secondary N) is 2. The molecule has 0 spiro atoms. The summed E-state index contributed by atoms with van der Waals surface area (Å²) in [6.07, 6.45) is 4.80. The van der Waals surface area contributed by atoms with E-state index in [2.05, 4.69) is 15.6 Å². The molecule has 0 amide bonds. The van der Waals surface area contributed by atoms with Crippen molar-refractivity contribution in [2.45, 2.75) is 25.4 Å². The lowest BCUT2D eigenvalue weighted by Gasteiger charge is -2.22. The molecule has 110 valence electrons. The van der Waals surface area contributed by atoms with E-state index in [0.29, 0.717) is 25.1 Å². The Hall–Kier alpha value is -1.73. The second-order valence-electron chi connectivity index (χ2n) is 4.76. The summed E-state index contributed by atoms with van der Waals surface area (Å²) >= 11 is 0. The Morgan fingerprint density at radius 3 is 3.05 bits per heavy atom. The molecular formula is C13H20N4O3. The number of ether oxygens (including phenoxy) is 1. The molecule has 7 heteroatoms. The van der Waals surface area contributed by atoms with Crippen LogP contribution in [0.15, 0.2) is 18.3 Å². The van der Waals surface area contributed by atoms with Crippen LogP contribution in [-0.4, -0.2) is 42.3 Å². The summed E-state index contributed by atoms with van der Waals surface area (Å²) in [7, 11) is 0. The first-order chi connectivity index (χ1) is 9.75. The molecule has 1 saturated heterocycles. The maximum absolute atomic E-state index is 10.6. The number of nitro groups is 1. The monoisotopic (exact) mass is 280 g/mol. The fraction of sp³-hybridized carbons (Fsp3) is 0.615. The summed E-state index contributed by atoms with van der Waals surface area (Å²) in [5, 5.41) is 17.0. The van der Waals surface area contributed by atoms with Gasteiger partial charge in [0.25, 0.3) is 5.69 Å². The van der Waals surface area contributed by atoms with Crippen LogP contribution in [0.2, 0.25) is 0 Å². The summed E-state index contributed by atoms with van der Waals surface area (Å²) < 4.78 is 5.77. The predicted molar refractivity (Wildman–Crippen MR) is 75.8 cm³/mol. The predicted octanol–water partition coefficient (Wildman–Crippen LogP) is 1.56. The van der Waals surface area contributed by atoms with Crippen LogP contribution in [0, 0.1) is 10.1 Å². The molecular weight excluding hydrogens is 260 g/mol. The quantitative estimate of drug-likeness (QED) is 0.447. The molecule has 0 saturated carbocycles. The minimum atomic E-state index is -0.424. The van der Waals surface area contributed by atoms with E-state index in [-0.39, 0.29) is 5.69 Å². The molecule has 2 heterocycles. The van der Waals surface area contributed by atoms with Gasteiger partial charge in [0.2, 0.25) is 0 Å². The Bertz CT molecular complexity index is 435. The highest BCUT2D eigenvalue weighted by atomic mass is 16.6. The Kier molecular flexibility index (Phi) is 5.69. The molecule has 1 aromatic heterocycles. The normalized spacial score (nSPS) is 16.0. The summed E-state index contributed by atoms with van der Waals surface area (Å²) in [5.41, 5.74) is 0.0495. The van der Waals surface area contributed by atoms with Gasteiger partial charge in [-0.1, -0.05) is 0 Å². The molecule has 0 unspecified atom stereocenters. The molecule has 0 radical (unpaired) electrons. The highest BCUT2D eigenvalue weighted by molar-refractivity contribution is 5.43. The van der Waals surface area contributed by atoms with Crippen LogP contribution in [0.5, 0.6) is 0 Å². The number of pyridine rings is 1. The third-order valence-corrected chi connectivity index (χ3v) is 3.22. The van der Waals surface area contributed by atoms with Gasteiger partial charge in [-0.2, -0.15) is 0 Å². The van der Waals surface area contributed by atoms with Crippen molar-refractivity contribution in [3.05, 3.63) is 28.4 Å². The second kappa shape index (κ2) is 7.76. The molecule has 1 fully saturated rings. The summed E-state index contributed by atoms with van der Waals surface area (Å²) in [6.45, 7) is 3.45. The van der Waals surface area contributed by atoms with E-state index in [0.717, 1.165) is 32.4 Å². The van der Waals surface area contributed by atoms with E-state index in [9.17, 15) is 10.1 Å². The van der Waals surface area contributed by atoms with E-state index in [1.807, 2.05) is 0 Å². The number of anilines is 1. The number of nitrogens with zero attached hydrogens (tertiary/aromatic N) is 2. The first kappa shape index (κ1) is 14.7. The van der Waals surface area contributed by atoms with Gasteiger partial charge in [-0.3, -0.25) is 10.1 Å². The van der Waals surface area contributed by atoms with Crippen LogP contribution in [0.25, 0.3) is 0 Å². The first-order valence-corrected chi connectivity index (χ1v) is 6.92. The second-order valence-corrected chi connectivity index (χ2v) is 4.76. The smallest absolute Gasteiger partial charge is 0.274 e. The largest absolute Gasteiger partial charge is 0.378 e.